The van der Waals surface area contributed by atoms with E-state index in [1.807, 2.05) is 0 Å². The molecule has 2 unspecified atom stereocenters. The van der Waals surface area contributed by atoms with Gasteiger partial charge in [-0.05, 0) is 135 Å². The third-order valence-electron chi connectivity index (χ3n) is 13.9. The highest BCUT2D eigenvalue weighted by Crippen LogP contribution is 2.09. The van der Waals surface area contributed by atoms with Gasteiger partial charge in [0.1, 0.15) is 12.2 Å². The van der Waals surface area contributed by atoms with Crippen molar-refractivity contribution in [1.82, 2.24) is 0 Å². The molecule has 0 bridgehead atoms. The lowest BCUT2D eigenvalue weighted by molar-refractivity contribution is 0.0275. The summed E-state index contributed by atoms with van der Waals surface area (Å²) in [7, 11) is 0. The molecule has 0 saturated carbocycles. The first-order valence-corrected chi connectivity index (χ1v) is 37.5. The van der Waals surface area contributed by atoms with Gasteiger partial charge in [-0.1, -0.05) is 0 Å². The Hall–Kier alpha value is -1.00. The van der Waals surface area contributed by atoms with Crippen LogP contribution < -0.4 is 0 Å². The van der Waals surface area contributed by atoms with Gasteiger partial charge in [0.25, 0.3) is 0 Å². The fourth-order valence-electron chi connectivity index (χ4n) is 8.54. The van der Waals surface area contributed by atoms with Crippen LogP contribution in [-0.2, 0) is 118 Å². The molecule has 2 rings (SSSR count). The van der Waals surface area contributed by atoms with E-state index in [4.69, 9.17) is 118 Å². The van der Waals surface area contributed by atoms with Gasteiger partial charge in [-0.3, -0.25) is 0 Å². The van der Waals surface area contributed by atoms with Gasteiger partial charge in [0.2, 0.25) is 0 Å². The van der Waals surface area contributed by atoms with E-state index < -0.39 is 0 Å². The summed E-state index contributed by atoms with van der Waals surface area (Å²) in [4.78, 5) is 0. The average molecular weight is 1390 g/mol. The van der Waals surface area contributed by atoms with Crippen LogP contribution in [0, 0.1) is 0 Å². The lowest BCUT2D eigenvalue weighted by Gasteiger charge is -2.08. The molecule has 0 amide bonds. The third kappa shape index (κ3) is 82.0. The monoisotopic (exact) mass is 1390 g/mol. The predicted molar refractivity (Wildman–Crippen MR) is 365 cm³/mol. The SMILES string of the molecule is C(COCCCOCCCOCCCOCCCOCCCOCCCOCCCOCCCOCCCOCCCOCCOCC1CO1)COCCCOCCCOCCCOCCCOCCCOCCCOCCCOCCCOCCCOCCCOCC1CO1. The quantitative estimate of drug-likeness (QED) is 0.0410. The van der Waals surface area contributed by atoms with Crippen molar-refractivity contribution in [2.75, 3.05) is 317 Å². The van der Waals surface area contributed by atoms with Gasteiger partial charge in [-0.15, -0.1) is 0 Å². The first-order chi connectivity index (χ1) is 47.9. The minimum atomic E-state index is 0.310. The maximum Gasteiger partial charge on any atom is 0.104 e. The molecule has 0 N–H and O–H groups in total. The number of ether oxygens (including phenoxy) is 25. The number of hydrogen-bond acceptors (Lipinski definition) is 25. The Labute approximate surface area is 580 Å². The second kappa shape index (κ2) is 83.0. The molecule has 2 saturated heterocycles. The largest absolute Gasteiger partial charge is 0.381 e. The van der Waals surface area contributed by atoms with Crippen molar-refractivity contribution < 1.29 is 118 Å². The first kappa shape index (κ1) is 91.1. The Kier molecular flexibility index (Phi) is 78.7. The zero-order chi connectivity index (χ0) is 67.6. The topological polar surface area (TPSA) is 237 Å². The maximum atomic E-state index is 5.72. The van der Waals surface area contributed by atoms with Gasteiger partial charge in [0, 0.05) is 277 Å². The summed E-state index contributed by atoms with van der Waals surface area (Å²) >= 11 is 0. The van der Waals surface area contributed by atoms with Crippen LogP contribution >= 0.6 is 0 Å². The summed E-state index contributed by atoms with van der Waals surface area (Å²) in [5.74, 6) is 0. The molecular formula is C71H140O25. The van der Waals surface area contributed by atoms with Gasteiger partial charge in [-0.25, -0.2) is 0 Å². The van der Waals surface area contributed by atoms with Gasteiger partial charge < -0.3 is 118 Å². The Morgan fingerprint density at radius 3 is 0.323 bits per heavy atom. The standard InChI is InChI=1S/C71H140O25/c1(23-73-25-3-27-75-29-5-31-77-33-7-35-79-37-9-39-81-41-11-43-83-45-13-47-85-49-15-51-87-53-17-55-89-57-19-59-91-61-21-63-93-66-70-68-95-70)22-72-24-2-26-74-28-4-30-76-32-6-34-78-36-8-38-80-40-10-42-82-44-12-46-84-48-14-50-86-52-16-54-88-56-18-58-90-60-20-62-92-64-65-94-67-71-69-96-71/h70-71H,1-69H2. The van der Waals surface area contributed by atoms with Crippen LogP contribution in [0.5, 0.6) is 0 Å². The molecular weight excluding hydrogens is 1250 g/mol. The molecule has 0 aromatic carbocycles. The highest BCUT2D eigenvalue weighted by molar-refractivity contribution is 4.67. The van der Waals surface area contributed by atoms with E-state index in [-0.39, 0.29) is 0 Å². The number of hydrogen-bond donors (Lipinski definition) is 0. The molecule has 25 nitrogen and oxygen atoms in total. The first-order valence-electron chi connectivity index (χ1n) is 37.5. The van der Waals surface area contributed by atoms with Crippen LogP contribution in [0.15, 0.2) is 0 Å². The molecule has 2 atom stereocenters. The van der Waals surface area contributed by atoms with Gasteiger partial charge in [0.15, 0.2) is 0 Å². The Bertz CT molecular complexity index is 1300. The normalized spacial score (nSPS) is 14.5. The second-order valence-corrected chi connectivity index (χ2v) is 23.3. The fourth-order valence-corrected chi connectivity index (χ4v) is 8.54. The van der Waals surface area contributed by atoms with E-state index in [2.05, 4.69) is 0 Å². The Morgan fingerprint density at radius 1 is 0.125 bits per heavy atom. The minimum Gasteiger partial charge on any atom is -0.381 e. The van der Waals surface area contributed by atoms with Gasteiger partial charge in [0.05, 0.1) is 39.6 Å². The van der Waals surface area contributed by atoms with Crippen LogP contribution in [0.4, 0.5) is 0 Å². The van der Waals surface area contributed by atoms with Gasteiger partial charge in [-0.2, -0.15) is 0 Å². The van der Waals surface area contributed by atoms with Crippen LogP contribution in [0.25, 0.3) is 0 Å². The number of rotatable bonds is 91. The van der Waals surface area contributed by atoms with Crippen LogP contribution in [0.2, 0.25) is 0 Å². The summed E-state index contributed by atoms with van der Waals surface area (Å²) in [5.41, 5.74) is 0. The molecule has 0 radical (unpaired) electrons. The summed E-state index contributed by atoms with van der Waals surface area (Å²) < 4.78 is 140. The van der Waals surface area contributed by atoms with Crippen molar-refractivity contribution in [2.45, 2.75) is 147 Å². The smallest absolute Gasteiger partial charge is 0.104 e. The van der Waals surface area contributed by atoms with Crippen molar-refractivity contribution in [3.63, 3.8) is 0 Å². The van der Waals surface area contributed by atoms with Crippen molar-refractivity contribution in [3.05, 3.63) is 0 Å². The van der Waals surface area contributed by atoms with Crippen molar-refractivity contribution in [1.29, 1.82) is 0 Å². The molecule has 0 aliphatic carbocycles. The Morgan fingerprint density at radius 2 is 0.208 bits per heavy atom. The molecule has 0 spiro atoms. The average Bonchev–Trinajstić information content (AvgIpc) is 3.12. The van der Waals surface area contributed by atoms with E-state index in [0.29, 0.717) is 290 Å². The zero-order valence-electron chi connectivity index (χ0n) is 60.2. The molecule has 2 aliphatic heterocycles. The fraction of sp³-hybridized carbons (Fsp3) is 1.00. The highest BCUT2D eigenvalue weighted by Gasteiger charge is 2.22. The third-order valence-corrected chi connectivity index (χ3v) is 13.9. The second-order valence-electron chi connectivity index (χ2n) is 23.3. The molecule has 96 heavy (non-hydrogen) atoms. The van der Waals surface area contributed by atoms with E-state index in [9.17, 15) is 0 Å². The molecule has 2 heterocycles. The number of epoxide rings is 2. The van der Waals surface area contributed by atoms with Gasteiger partial charge >= 0.3 is 0 Å². The summed E-state index contributed by atoms with van der Waals surface area (Å²) in [6.45, 7) is 33.8. The molecule has 2 fully saturated rings. The van der Waals surface area contributed by atoms with Crippen LogP contribution in [0.3, 0.4) is 0 Å². The molecule has 0 aromatic rings. The molecule has 574 valence electrons. The summed E-state index contributed by atoms with van der Waals surface area (Å²) in [6.07, 6.45) is 19.3. The van der Waals surface area contributed by atoms with E-state index in [0.717, 1.165) is 174 Å². The summed E-state index contributed by atoms with van der Waals surface area (Å²) in [6, 6.07) is 0. The van der Waals surface area contributed by atoms with Crippen LogP contribution in [-0.4, -0.2) is 329 Å². The highest BCUT2D eigenvalue weighted by atomic mass is 16.6. The molecule has 25 heteroatoms. The predicted octanol–water partition coefficient (Wildman–Crippen LogP) is 8.36. The Balaban J connectivity index is 1.07. The zero-order valence-corrected chi connectivity index (χ0v) is 60.2. The van der Waals surface area contributed by atoms with Crippen molar-refractivity contribution in [2.24, 2.45) is 0 Å². The van der Waals surface area contributed by atoms with E-state index in [1.165, 1.54) is 0 Å². The lowest BCUT2D eigenvalue weighted by atomic mass is 10.4. The summed E-state index contributed by atoms with van der Waals surface area (Å²) in [5, 5.41) is 0. The van der Waals surface area contributed by atoms with E-state index >= 15 is 0 Å². The maximum absolute atomic E-state index is 5.72. The molecule has 2 aliphatic rings. The van der Waals surface area contributed by atoms with Crippen molar-refractivity contribution in [3.8, 4) is 0 Å². The lowest BCUT2D eigenvalue weighted by Crippen LogP contribution is -2.10. The van der Waals surface area contributed by atoms with Crippen LogP contribution in [0.1, 0.15) is 135 Å². The van der Waals surface area contributed by atoms with Crippen molar-refractivity contribution >= 4 is 0 Å². The molecule has 0 aromatic heterocycles. The minimum absolute atomic E-state index is 0.310. The van der Waals surface area contributed by atoms with E-state index in [1.54, 1.807) is 0 Å².